The number of rotatable bonds is 4. The van der Waals surface area contributed by atoms with E-state index in [1.54, 1.807) is 23.2 Å². The highest BCUT2D eigenvalue weighted by molar-refractivity contribution is 7.92. The number of nitrogens with zero attached hydrogens (tertiary/aromatic N) is 3. The fraction of sp³-hybridized carbons (Fsp3) is 0.182. The largest absolute Gasteiger partial charge is 0.336 e. The van der Waals surface area contributed by atoms with Crippen LogP contribution in [0.3, 0.4) is 0 Å². The van der Waals surface area contributed by atoms with Crippen LogP contribution in [0.25, 0.3) is 17.0 Å². The van der Waals surface area contributed by atoms with Crippen LogP contribution >= 0.6 is 0 Å². The summed E-state index contributed by atoms with van der Waals surface area (Å²) < 4.78 is 26.6. The number of piperazine rings is 1. The van der Waals surface area contributed by atoms with E-state index in [9.17, 15) is 13.2 Å². The molecule has 2 aromatic carbocycles. The number of sulfonamides is 1. The van der Waals surface area contributed by atoms with E-state index < -0.39 is 10.0 Å². The van der Waals surface area contributed by atoms with Crippen LogP contribution in [-0.2, 0) is 10.0 Å². The lowest BCUT2D eigenvalue weighted by molar-refractivity contribution is 0.0700. The van der Waals surface area contributed by atoms with Crippen LogP contribution in [-0.4, -0.2) is 54.7 Å². The predicted octanol–water partition coefficient (Wildman–Crippen LogP) is 2.99. The molecule has 0 N–H and O–H groups in total. The van der Waals surface area contributed by atoms with E-state index in [0.29, 0.717) is 24.2 Å². The van der Waals surface area contributed by atoms with E-state index in [4.69, 9.17) is 0 Å². The number of carbonyl (C=O) groups excluding carboxylic acids is 1. The van der Waals surface area contributed by atoms with Gasteiger partial charge in [-0.3, -0.25) is 9.78 Å². The smallest absolute Gasteiger partial charge is 0.256 e. The Morgan fingerprint density at radius 2 is 1.62 bits per heavy atom. The number of aromatic nitrogens is 1. The summed E-state index contributed by atoms with van der Waals surface area (Å²) in [4.78, 5) is 19.0. The standard InChI is InChI=1S/C22H21N3O3S/c26-22(20-10-4-8-19-9-5-12-23-21(19)20)24-13-15-25(16-14-24)29(27,28)17-11-18-6-2-1-3-7-18/h1-12,17H,13-16H2. The van der Waals surface area contributed by atoms with E-state index in [1.807, 2.05) is 54.6 Å². The molecule has 0 spiro atoms. The van der Waals surface area contributed by atoms with Crippen molar-refractivity contribution in [2.24, 2.45) is 0 Å². The van der Waals surface area contributed by atoms with Crippen molar-refractivity contribution in [3.05, 3.63) is 83.4 Å². The lowest BCUT2D eigenvalue weighted by atomic mass is 10.1. The molecule has 29 heavy (non-hydrogen) atoms. The van der Waals surface area contributed by atoms with Crippen LogP contribution in [0.5, 0.6) is 0 Å². The maximum absolute atomic E-state index is 13.0. The van der Waals surface area contributed by atoms with Crippen molar-refractivity contribution in [3.63, 3.8) is 0 Å². The first kappa shape index (κ1) is 19.3. The molecule has 0 unspecified atom stereocenters. The second-order valence-electron chi connectivity index (χ2n) is 6.83. The molecular weight excluding hydrogens is 386 g/mol. The van der Waals surface area contributed by atoms with Gasteiger partial charge in [-0.2, -0.15) is 4.31 Å². The summed E-state index contributed by atoms with van der Waals surface area (Å²) in [6, 6.07) is 18.6. The van der Waals surface area contributed by atoms with Gasteiger partial charge in [-0.05, 0) is 23.8 Å². The number of pyridine rings is 1. The lowest BCUT2D eigenvalue weighted by Gasteiger charge is -2.33. The molecule has 1 amide bonds. The Kier molecular flexibility index (Phi) is 5.42. The summed E-state index contributed by atoms with van der Waals surface area (Å²) in [6.45, 7) is 1.23. The van der Waals surface area contributed by atoms with Gasteiger partial charge in [0.25, 0.3) is 5.91 Å². The van der Waals surface area contributed by atoms with Gasteiger partial charge in [-0.1, -0.05) is 48.5 Å². The van der Waals surface area contributed by atoms with Gasteiger partial charge in [-0.15, -0.1) is 0 Å². The Morgan fingerprint density at radius 1 is 0.897 bits per heavy atom. The van der Waals surface area contributed by atoms with Crippen molar-refractivity contribution in [1.82, 2.24) is 14.2 Å². The Morgan fingerprint density at radius 3 is 2.38 bits per heavy atom. The van der Waals surface area contributed by atoms with Crippen molar-refractivity contribution in [2.75, 3.05) is 26.2 Å². The van der Waals surface area contributed by atoms with Gasteiger partial charge < -0.3 is 4.90 Å². The Bertz CT molecular complexity index is 1150. The molecule has 1 aliphatic heterocycles. The highest BCUT2D eigenvalue weighted by Gasteiger charge is 2.28. The van der Waals surface area contributed by atoms with Crippen LogP contribution in [0.2, 0.25) is 0 Å². The van der Waals surface area contributed by atoms with Crippen molar-refractivity contribution in [3.8, 4) is 0 Å². The number of carbonyl (C=O) groups is 1. The minimum atomic E-state index is -3.53. The highest BCUT2D eigenvalue weighted by Crippen LogP contribution is 2.19. The molecule has 1 saturated heterocycles. The van der Waals surface area contributed by atoms with Gasteiger partial charge in [-0.25, -0.2) is 8.42 Å². The average molecular weight is 407 g/mol. The third-order valence-corrected chi connectivity index (χ3v) is 6.55. The van der Waals surface area contributed by atoms with Crippen LogP contribution in [0.15, 0.2) is 72.3 Å². The van der Waals surface area contributed by atoms with Gasteiger partial charge in [0, 0.05) is 43.2 Å². The van der Waals surface area contributed by atoms with Gasteiger partial charge in [0.1, 0.15) is 0 Å². The quantitative estimate of drug-likeness (QED) is 0.667. The van der Waals surface area contributed by atoms with Crippen molar-refractivity contribution >= 4 is 32.9 Å². The van der Waals surface area contributed by atoms with Crippen LogP contribution in [0.1, 0.15) is 15.9 Å². The summed E-state index contributed by atoms with van der Waals surface area (Å²) in [6.07, 6.45) is 3.26. The molecule has 6 nitrogen and oxygen atoms in total. The number of fused-ring (bicyclic) bond motifs is 1. The Balaban J connectivity index is 1.45. The monoisotopic (exact) mass is 407 g/mol. The molecule has 148 valence electrons. The fourth-order valence-corrected chi connectivity index (χ4v) is 4.58. The van der Waals surface area contributed by atoms with Crippen LogP contribution < -0.4 is 0 Å². The molecule has 1 aliphatic rings. The highest BCUT2D eigenvalue weighted by atomic mass is 32.2. The van der Waals surface area contributed by atoms with Crippen molar-refractivity contribution in [1.29, 1.82) is 0 Å². The van der Waals surface area contributed by atoms with E-state index >= 15 is 0 Å². The van der Waals surface area contributed by atoms with E-state index in [0.717, 1.165) is 10.9 Å². The minimum Gasteiger partial charge on any atom is -0.336 e. The summed E-state index contributed by atoms with van der Waals surface area (Å²) >= 11 is 0. The Hall–Kier alpha value is -3.03. The van der Waals surface area contributed by atoms with Crippen LogP contribution in [0, 0.1) is 0 Å². The molecule has 0 radical (unpaired) electrons. The first-order chi connectivity index (χ1) is 14.0. The summed E-state index contributed by atoms with van der Waals surface area (Å²) in [5.74, 6) is -0.119. The molecule has 0 bridgehead atoms. The number of hydrogen-bond acceptors (Lipinski definition) is 4. The fourth-order valence-electron chi connectivity index (χ4n) is 3.41. The average Bonchev–Trinajstić information content (AvgIpc) is 2.78. The SMILES string of the molecule is O=C(c1cccc2cccnc12)N1CCN(S(=O)(=O)C=Cc2ccccc2)CC1. The number of benzene rings is 2. The molecule has 7 heteroatoms. The molecular formula is C22H21N3O3S. The second-order valence-corrected chi connectivity index (χ2v) is 8.65. The number of hydrogen-bond donors (Lipinski definition) is 0. The first-order valence-electron chi connectivity index (χ1n) is 9.41. The molecule has 3 aromatic rings. The van der Waals surface area contributed by atoms with Gasteiger partial charge in [0.05, 0.1) is 11.1 Å². The van der Waals surface area contributed by atoms with Crippen LogP contribution in [0.4, 0.5) is 0 Å². The minimum absolute atomic E-state index is 0.119. The molecule has 4 rings (SSSR count). The molecule has 0 saturated carbocycles. The lowest BCUT2D eigenvalue weighted by Crippen LogP contribution is -2.50. The predicted molar refractivity (Wildman–Crippen MR) is 114 cm³/mol. The maximum atomic E-state index is 13.0. The van der Waals surface area contributed by atoms with E-state index in [2.05, 4.69) is 4.98 Å². The van der Waals surface area contributed by atoms with Gasteiger partial charge >= 0.3 is 0 Å². The summed E-state index contributed by atoms with van der Waals surface area (Å²) in [5, 5.41) is 2.14. The maximum Gasteiger partial charge on any atom is 0.256 e. The van der Waals surface area contributed by atoms with Crippen molar-refractivity contribution < 1.29 is 13.2 Å². The molecule has 1 aromatic heterocycles. The molecule has 0 atom stereocenters. The van der Waals surface area contributed by atoms with Crippen molar-refractivity contribution in [2.45, 2.75) is 0 Å². The molecule has 1 fully saturated rings. The zero-order valence-corrected chi connectivity index (χ0v) is 16.6. The number of amides is 1. The zero-order chi connectivity index (χ0) is 20.3. The third kappa shape index (κ3) is 4.21. The third-order valence-electron chi connectivity index (χ3n) is 4.98. The van der Waals surface area contributed by atoms with Gasteiger partial charge in [0.15, 0.2) is 0 Å². The summed E-state index contributed by atoms with van der Waals surface area (Å²) in [7, 11) is -3.53. The first-order valence-corrected chi connectivity index (χ1v) is 10.9. The molecule has 2 heterocycles. The molecule has 0 aliphatic carbocycles. The number of para-hydroxylation sites is 1. The second kappa shape index (κ2) is 8.14. The topological polar surface area (TPSA) is 70.6 Å². The van der Waals surface area contributed by atoms with Gasteiger partial charge in [0.2, 0.25) is 10.0 Å². The summed E-state index contributed by atoms with van der Waals surface area (Å²) in [5.41, 5.74) is 2.04. The van der Waals surface area contributed by atoms with E-state index in [1.165, 1.54) is 9.71 Å². The normalized spacial score (nSPS) is 15.8. The Labute approximate surface area is 170 Å². The van der Waals surface area contributed by atoms with E-state index in [-0.39, 0.29) is 19.0 Å². The zero-order valence-electron chi connectivity index (χ0n) is 15.8.